The van der Waals surface area contributed by atoms with Crippen LogP contribution in [0.1, 0.15) is 25.7 Å². The van der Waals surface area contributed by atoms with E-state index in [0.29, 0.717) is 28.9 Å². The molecule has 26 heavy (non-hydrogen) atoms. The number of hydrogen-bond donors (Lipinski definition) is 3. The molecule has 2 saturated heterocycles. The van der Waals surface area contributed by atoms with Crippen molar-refractivity contribution in [2.75, 3.05) is 25.3 Å². The Morgan fingerprint density at radius 1 is 1.19 bits per heavy atom. The smallest absolute Gasteiger partial charge is 0.315 e. The lowest BCUT2D eigenvalue weighted by Gasteiger charge is -2.16. The quantitative estimate of drug-likeness (QED) is 0.477. The minimum atomic E-state index is -0.0570. The number of anilines is 1. The van der Waals surface area contributed by atoms with E-state index in [1.807, 2.05) is 11.8 Å². The molecule has 0 bridgehead atoms. The van der Waals surface area contributed by atoms with Crippen LogP contribution in [0.5, 0.6) is 11.5 Å². The van der Waals surface area contributed by atoms with Crippen LogP contribution in [0.2, 0.25) is 0 Å². The maximum atomic E-state index is 12.2. The van der Waals surface area contributed by atoms with E-state index in [9.17, 15) is 9.59 Å². The molecule has 2 aliphatic rings. The lowest BCUT2D eigenvalue weighted by molar-refractivity contribution is -0.116. The first-order chi connectivity index (χ1) is 12.6. The second-order valence-electron chi connectivity index (χ2n) is 6.52. The minimum absolute atomic E-state index is 0.0203. The van der Waals surface area contributed by atoms with Crippen LogP contribution in [0.3, 0.4) is 0 Å². The van der Waals surface area contributed by atoms with Gasteiger partial charge in [0.2, 0.25) is 5.91 Å². The minimum Gasteiger partial charge on any atom is -0.497 e. The van der Waals surface area contributed by atoms with Crippen LogP contribution in [0.25, 0.3) is 0 Å². The summed E-state index contributed by atoms with van der Waals surface area (Å²) in [6.07, 6.45) is 3.26. The second kappa shape index (κ2) is 8.53. The Labute approximate surface area is 157 Å². The zero-order valence-corrected chi connectivity index (χ0v) is 15.9. The Bertz CT molecular complexity index is 648. The molecular weight excluding hydrogens is 354 g/mol. The topological polar surface area (TPSA) is 88.7 Å². The number of carbonyl (C=O) groups is 2. The van der Waals surface area contributed by atoms with E-state index in [-0.39, 0.29) is 24.0 Å². The number of nitrogens with one attached hydrogen (secondary N) is 3. The Kier molecular flexibility index (Phi) is 6.13. The second-order valence-corrected chi connectivity index (χ2v) is 7.79. The van der Waals surface area contributed by atoms with Gasteiger partial charge in [0.25, 0.3) is 0 Å². The number of ether oxygens (including phenoxy) is 2. The van der Waals surface area contributed by atoms with Gasteiger partial charge in [-0.3, -0.25) is 4.79 Å². The number of urea groups is 1. The van der Waals surface area contributed by atoms with Crippen LogP contribution < -0.4 is 25.4 Å². The first kappa shape index (κ1) is 18.7. The average Bonchev–Trinajstić information content (AvgIpc) is 3.17. The summed E-state index contributed by atoms with van der Waals surface area (Å²) in [7, 11) is 3.16. The van der Waals surface area contributed by atoms with Crippen molar-refractivity contribution in [3.63, 3.8) is 0 Å². The molecular formula is C18H25N3O4S. The van der Waals surface area contributed by atoms with E-state index >= 15 is 0 Å². The van der Waals surface area contributed by atoms with E-state index in [0.717, 1.165) is 25.0 Å². The Hall–Kier alpha value is -2.09. The highest BCUT2D eigenvalue weighted by molar-refractivity contribution is 8.00. The Morgan fingerprint density at radius 3 is 2.62 bits per heavy atom. The number of carbonyl (C=O) groups excluding carboxylic acids is 2. The molecule has 0 aliphatic carbocycles. The van der Waals surface area contributed by atoms with E-state index in [1.165, 1.54) is 0 Å². The van der Waals surface area contributed by atoms with E-state index in [4.69, 9.17) is 9.47 Å². The van der Waals surface area contributed by atoms with Crippen molar-refractivity contribution in [1.29, 1.82) is 0 Å². The first-order valence-corrected chi connectivity index (χ1v) is 9.85. The number of methoxy groups -OCH3 is 2. The summed E-state index contributed by atoms with van der Waals surface area (Å²) >= 11 is 1.90. The molecule has 2 aliphatic heterocycles. The van der Waals surface area contributed by atoms with Crippen LogP contribution in [-0.2, 0) is 4.79 Å². The summed E-state index contributed by atoms with van der Waals surface area (Å²) < 4.78 is 10.4. The SMILES string of the molecule is COc1cc(NC(=O)CCCCC2SCC3NC(=O)NC32)cc(OC)c1. The molecule has 0 aromatic heterocycles. The molecule has 2 heterocycles. The number of fused-ring (bicyclic) bond motifs is 1. The molecule has 0 radical (unpaired) electrons. The highest BCUT2D eigenvalue weighted by Gasteiger charge is 2.42. The fourth-order valence-electron chi connectivity index (χ4n) is 3.38. The molecule has 0 spiro atoms. The van der Waals surface area contributed by atoms with Crippen LogP contribution in [0, 0.1) is 0 Å². The summed E-state index contributed by atoms with van der Waals surface area (Å²) in [5.74, 6) is 2.22. The molecule has 3 N–H and O–H groups in total. The third-order valence-corrected chi connectivity index (χ3v) is 6.22. The number of amides is 3. The van der Waals surface area contributed by atoms with Crippen molar-refractivity contribution in [3.8, 4) is 11.5 Å². The number of hydrogen-bond acceptors (Lipinski definition) is 5. The molecule has 3 amide bonds. The first-order valence-electron chi connectivity index (χ1n) is 8.80. The van der Waals surface area contributed by atoms with Gasteiger partial charge < -0.3 is 25.4 Å². The highest BCUT2D eigenvalue weighted by atomic mass is 32.2. The third kappa shape index (κ3) is 4.55. The monoisotopic (exact) mass is 379 g/mol. The zero-order valence-electron chi connectivity index (χ0n) is 15.0. The molecule has 3 atom stereocenters. The molecule has 0 saturated carbocycles. The molecule has 7 nitrogen and oxygen atoms in total. The maximum Gasteiger partial charge on any atom is 0.315 e. The van der Waals surface area contributed by atoms with Crippen LogP contribution in [0.15, 0.2) is 18.2 Å². The van der Waals surface area contributed by atoms with Gasteiger partial charge in [-0.25, -0.2) is 4.79 Å². The number of thioether (sulfide) groups is 1. The molecule has 2 fully saturated rings. The standard InChI is InChI=1S/C18H25N3O4S/c1-24-12-7-11(8-13(9-12)25-2)19-16(22)6-4-3-5-15-17-14(10-26-15)20-18(23)21-17/h7-9,14-15,17H,3-6,10H2,1-2H3,(H,19,22)(H2,20,21,23). The van der Waals surface area contributed by atoms with Gasteiger partial charge >= 0.3 is 6.03 Å². The van der Waals surface area contributed by atoms with Crippen molar-refractivity contribution in [2.24, 2.45) is 0 Å². The lowest BCUT2D eigenvalue weighted by Crippen LogP contribution is -2.36. The van der Waals surface area contributed by atoms with E-state index in [1.54, 1.807) is 32.4 Å². The fraction of sp³-hybridized carbons (Fsp3) is 0.556. The van der Waals surface area contributed by atoms with Crippen molar-refractivity contribution >= 4 is 29.4 Å². The summed E-state index contributed by atoms with van der Waals surface area (Å²) in [5.41, 5.74) is 0.667. The molecule has 8 heteroatoms. The summed E-state index contributed by atoms with van der Waals surface area (Å²) in [4.78, 5) is 23.6. The van der Waals surface area contributed by atoms with Crippen molar-refractivity contribution < 1.29 is 19.1 Å². The van der Waals surface area contributed by atoms with Gasteiger partial charge in [-0.2, -0.15) is 11.8 Å². The molecule has 1 aromatic carbocycles. The predicted molar refractivity (Wildman–Crippen MR) is 102 cm³/mol. The van der Waals surface area contributed by atoms with Gasteiger partial charge in [0.15, 0.2) is 0 Å². The van der Waals surface area contributed by atoms with Gasteiger partial charge in [-0.1, -0.05) is 6.42 Å². The maximum absolute atomic E-state index is 12.2. The van der Waals surface area contributed by atoms with Crippen LogP contribution >= 0.6 is 11.8 Å². The van der Waals surface area contributed by atoms with Crippen molar-refractivity contribution in [3.05, 3.63) is 18.2 Å². The van der Waals surface area contributed by atoms with Gasteiger partial charge in [-0.15, -0.1) is 0 Å². The summed E-state index contributed by atoms with van der Waals surface area (Å²) in [6.45, 7) is 0. The summed E-state index contributed by atoms with van der Waals surface area (Å²) in [5, 5.41) is 9.27. The molecule has 3 rings (SSSR count). The van der Waals surface area contributed by atoms with Crippen molar-refractivity contribution in [1.82, 2.24) is 10.6 Å². The van der Waals surface area contributed by atoms with E-state index in [2.05, 4.69) is 16.0 Å². The van der Waals surface area contributed by atoms with Gasteiger partial charge in [0, 0.05) is 41.3 Å². The van der Waals surface area contributed by atoms with Gasteiger partial charge in [-0.05, 0) is 12.8 Å². The van der Waals surface area contributed by atoms with Gasteiger partial charge in [0.1, 0.15) is 11.5 Å². The molecule has 142 valence electrons. The number of benzene rings is 1. The van der Waals surface area contributed by atoms with Gasteiger partial charge in [0.05, 0.1) is 26.3 Å². The zero-order chi connectivity index (χ0) is 18.5. The molecule has 1 aromatic rings. The normalized spacial score (nSPS) is 23.8. The Balaban J connectivity index is 1.40. The number of rotatable bonds is 8. The molecule has 3 unspecified atom stereocenters. The van der Waals surface area contributed by atoms with Crippen LogP contribution in [0.4, 0.5) is 10.5 Å². The fourth-order valence-corrected chi connectivity index (χ4v) is 4.92. The third-order valence-electron chi connectivity index (χ3n) is 4.72. The van der Waals surface area contributed by atoms with E-state index < -0.39 is 0 Å². The summed E-state index contributed by atoms with van der Waals surface area (Å²) in [6, 6.07) is 5.73. The highest BCUT2D eigenvalue weighted by Crippen LogP contribution is 2.33. The number of unbranched alkanes of at least 4 members (excludes halogenated alkanes) is 1. The largest absolute Gasteiger partial charge is 0.497 e. The lowest BCUT2D eigenvalue weighted by atomic mass is 10.0. The average molecular weight is 379 g/mol. The van der Waals surface area contributed by atoms with Crippen molar-refractivity contribution in [2.45, 2.75) is 43.0 Å². The van der Waals surface area contributed by atoms with Crippen LogP contribution in [-0.4, -0.2) is 49.2 Å². The Morgan fingerprint density at radius 2 is 1.92 bits per heavy atom. The predicted octanol–water partition coefficient (Wildman–Crippen LogP) is 2.37.